The van der Waals surface area contributed by atoms with Crippen molar-refractivity contribution in [2.24, 2.45) is 0 Å². The molecule has 23 heavy (non-hydrogen) atoms. The van der Waals surface area contributed by atoms with E-state index >= 15 is 0 Å². The number of carbonyl (C=O) groups is 1. The Hall–Kier alpha value is -1.94. The van der Waals surface area contributed by atoms with Gasteiger partial charge in [-0.05, 0) is 42.7 Å². The minimum atomic E-state index is 0.0702. The summed E-state index contributed by atoms with van der Waals surface area (Å²) in [4.78, 5) is 13.6. The summed E-state index contributed by atoms with van der Waals surface area (Å²) in [5.74, 6) is 1.96. The fourth-order valence-electron chi connectivity index (χ4n) is 2.79. The Morgan fingerprint density at radius 2 is 2.00 bits per heavy atom. The van der Waals surface area contributed by atoms with E-state index < -0.39 is 0 Å². The molecule has 0 radical (unpaired) electrons. The summed E-state index contributed by atoms with van der Waals surface area (Å²) in [6, 6.07) is 16.2. The molecule has 0 saturated carbocycles. The number of carbonyl (C=O) groups excluding carboxylic acids is 1. The standard InChI is InChI=1S/C19H21NO2S/c1-2-22-15-9-7-14(8-10-15)13-19(21)20-17-11-12-23-18-6-4-3-5-16(17)18/h3-10,17H,2,11-13H2,1H3,(H,20,21)/t17-/m1/s1. The molecular formula is C19H21NO2S. The average Bonchev–Trinajstić information content (AvgIpc) is 2.57. The van der Waals surface area contributed by atoms with Gasteiger partial charge in [-0.3, -0.25) is 4.79 Å². The topological polar surface area (TPSA) is 38.3 Å². The van der Waals surface area contributed by atoms with Gasteiger partial charge >= 0.3 is 0 Å². The number of hydrogen-bond acceptors (Lipinski definition) is 3. The lowest BCUT2D eigenvalue weighted by atomic mass is 10.0. The molecule has 0 unspecified atom stereocenters. The van der Waals surface area contributed by atoms with Crippen molar-refractivity contribution in [2.75, 3.05) is 12.4 Å². The minimum Gasteiger partial charge on any atom is -0.494 e. The number of ether oxygens (including phenoxy) is 1. The molecule has 3 nitrogen and oxygen atoms in total. The quantitative estimate of drug-likeness (QED) is 0.903. The Kier molecular flexibility index (Phi) is 5.23. The van der Waals surface area contributed by atoms with Crippen LogP contribution in [-0.2, 0) is 11.2 Å². The molecule has 0 aromatic heterocycles. The predicted molar refractivity (Wildman–Crippen MR) is 94.0 cm³/mol. The van der Waals surface area contributed by atoms with Crippen LogP contribution < -0.4 is 10.1 Å². The average molecular weight is 327 g/mol. The number of fused-ring (bicyclic) bond motifs is 1. The van der Waals surface area contributed by atoms with E-state index in [2.05, 4.69) is 23.5 Å². The molecule has 3 rings (SSSR count). The van der Waals surface area contributed by atoms with E-state index in [1.54, 1.807) is 0 Å². The predicted octanol–water partition coefficient (Wildman–Crippen LogP) is 3.98. The lowest BCUT2D eigenvalue weighted by molar-refractivity contribution is -0.121. The fraction of sp³-hybridized carbons (Fsp3) is 0.316. The van der Waals surface area contributed by atoms with Crippen LogP contribution in [-0.4, -0.2) is 18.3 Å². The lowest BCUT2D eigenvalue weighted by Crippen LogP contribution is -2.31. The molecule has 2 aromatic rings. The highest BCUT2D eigenvalue weighted by atomic mass is 32.2. The van der Waals surface area contributed by atoms with Crippen LogP contribution in [0.4, 0.5) is 0 Å². The first-order valence-corrected chi connectivity index (χ1v) is 8.97. The molecule has 1 heterocycles. The summed E-state index contributed by atoms with van der Waals surface area (Å²) < 4.78 is 5.42. The molecule has 0 fully saturated rings. The van der Waals surface area contributed by atoms with Gasteiger partial charge in [0.05, 0.1) is 19.1 Å². The monoisotopic (exact) mass is 327 g/mol. The highest BCUT2D eigenvalue weighted by Crippen LogP contribution is 2.35. The van der Waals surface area contributed by atoms with Crippen molar-refractivity contribution in [3.8, 4) is 5.75 Å². The second kappa shape index (κ2) is 7.55. The molecule has 1 N–H and O–H groups in total. The number of thioether (sulfide) groups is 1. The summed E-state index contributed by atoms with van der Waals surface area (Å²) in [5.41, 5.74) is 2.24. The van der Waals surface area contributed by atoms with Gasteiger partial charge in [0.1, 0.15) is 5.75 Å². The lowest BCUT2D eigenvalue weighted by Gasteiger charge is -2.25. The van der Waals surface area contributed by atoms with Crippen LogP contribution in [0.2, 0.25) is 0 Å². The van der Waals surface area contributed by atoms with E-state index in [-0.39, 0.29) is 11.9 Å². The van der Waals surface area contributed by atoms with Gasteiger partial charge in [-0.15, -0.1) is 11.8 Å². The highest BCUT2D eigenvalue weighted by molar-refractivity contribution is 7.99. The zero-order valence-electron chi connectivity index (χ0n) is 13.2. The summed E-state index contributed by atoms with van der Waals surface area (Å²) in [6.45, 7) is 2.61. The zero-order valence-corrected chi connectivity index (χ0v) is 14.1. The Labute approximate surface area is 141 Å². The van der Waals surface area contributed by atoms with Crippen LogP contribution in [0.3, 0.4) is 0 Å². The molecule has 1 aliphatic heterocycles. The molecule has 120 valence electrons. The first-order valence-electron chi connectivity index (χ1n) is 7.99. The number of amides is 1. The Balaban J connectivity index is 1.62. The molecule has 2 aromatic carbocycles. The van der Waals surface area contributed by atoms with E-state index in [1.165, 1.54) is 10.5 Å². The van der Waals surface area contributed by atoms with Crippen molar-refractivity contribution in [1.82, 2.24) is 5.32 Å². The van der Waals surface area contributed by atoms with E-state index in [1.807, 2.05) is 49.0 Å². The molecule has 4 heteroatoms. The van der Waals surface area contributed by atoms with Gasteiger partial charge in [0.15, 0.2) is 0 Å². The summed E-state index contributed by atoms with van der Waals surface area (Å²) in [6.07, 6.45) is 1.38. The number of rotatable bonds is 5. The third-order valence-corrected chi connectivity index (χ3v) is 5.02. The van der Waals surface area contributed by atoms with Crippen LogP contribution in [0.5, 0.6) is 5.75 Å². The van der Waals surface area contributed by atoms with E-state index in [0.717, 1.165) is 23.5 Å². The highest BCUT2D eigenvalue weighted by Gasteiger charge is 2.21. The van der Waals surface area contributed by atoms with E-state index in [9.17, 15) is 4.79 Å². The smallest absolute Gasteiger partial charge is 0.224 e. The maximum atomic E-state index is 12.4. The molecule has 0 spiro atoms. The Morgan fingerprint density at radius 3 is 2.78 bits per heavy atom. The molecule has 1 amide bonds. The Bertz CT molecular complexity index is 669. The summed E-state index contributed by atoms with van der Waals surface area (Å²) in [5, 5.41) is 3.18. The van der Waals surface area contributed by atoms with Gasteiger partial charge < -0.3 is 10.1 Å². The van der Waals surface area contributed by atoms with Gasteiger partial charge in [0.2, 0.25) is 5.91 Å². The van der Waals surface area contributed by atoms with Crippen LogP contribution in [0.25, 0.3) is 0 Å². The van der Waals surface area contributed by atoms with Crippen molar-refractivity contribution >= 4 is 17.7 Å². The van der Waals surface area contributed by atoms with Crippen molar-refractivity contribution < 1.29 is 9.53 Å². The van der Waals surface area contributed by atoms with Crippen molar-refractivity contribution in [1.29, 1.82) is 0 Å². The van der Waals surface area contributed by atoms with Crippen molar-refractivity contribution in [2.45, 2.75) is 30.7 Å². The summed E-state index contributed by atoms with van der Waals surface area (Å²) in [7, 11) is 0. The van der Waals surface area contributed by atoms with Gasteiger partial charge in [-0.25, -0.2) is 0 Å². The minimum absolute atomic E-state index is 0.0702. The Morgan fingerprint density at radius 1 is 1.22 bits per heavy atom. The second-order valence-electron chi connectivity index (χ2n) is 5.55. The summed E-state index contributed by atoms with van der Waals surface area (Å²) >= 11 is 1.86. The van der Waals surface area contributed by atoms with Crippen molar-refractivity contribution in [3.05, 3.63) is 59.7 Å². The van der Waals surface area contributed by atoms with Crippen LogP contribution in [0.1, 0.15) is 30.5 Å². The van der Waals surface area contributed by atoms with Crippen LogP contribution in [0.15, 0.2) is 53.4 Å². The number of hydrogen-bond donors (Lipinski definition) is 1. The second-order valence-corrected chi connectivity index (χ2v) is 6.69. The van der Waals surface area contributed by atoms with Gasteiger partial charge in [-0.1, -0.05) is 30.3 Å². The maximum Gasteiger partial charge on any atom is 0.224 e. The fourth-order valence-corrected chi connectivity index (χ4v) is 3.92. The zero-order chi connectivity index (χ0) is 16.1. The van der Waals surface area contributed by atoms with Crippen LogP contribution in [0, 0.1) is 0 Å². The molecular weight excluding hydrogens is 306 g/mol. The largest absolute Gasteiger partial charge is 0.494 e. The third kappa shape index (κ3) is 4.08. The van der Waals surface area contributed by atoms with E-state index in [0.29, 0.717) is 13.0 Å². The SMILES string of the molecule is CCOc1ccc(CC(=O)N[C@@H]2CCSc3ccccc32)cc1. The molecule has 0 saturated heterocycles. The molecule has 0 bridgehead atoms. The van der Waals surface area contributed by atoms with Crippen molar-refractivity contribution in [3.63, 3.8) is 0 Å². The van der Waals surface area contributed by atoms with Gasteiger partial charge in [0.25, 0.3) is 0 Å². The molecule has 0 aliphatic carbocycles. The normalized spacial score (nSPS) is 16.5. The van der Waals surface area contributed by atoms with E-state index in [4.69, 9.17) is 4.74 Å². The molecule has 1 aliphatic rings. The first kappa shape index (κ1) is 15.9. The maximum absolute atomic E-state index is 12.4. The van der Waals surface area contributed by atoms with Gasteiger partial charge in [-0.2, -0.15) is 0 Å². The third-order valence-electron chi connectivity index (χ3n) is 3.89. The first-order chi connectivity index (χ1) is 11.3. The molecule has 1 atom stereocenters. The van der Waals surface area contributed by atoms with Crippen LogP contribution >= 0.6 is 11.8 Å². The number of benzene rings is 2. The number of nitrogens with one attached hydrogen (secondary N) is 1. The van der Waals surface area contributed by atoms with Gasteiger partial charge in [0, 0.05) is 10.6 Å².